The number of nitrogens with zero attached hydrogens (tertiary/aromatic N) is 3. The molecule has 0 atom stereocenters. The Kier molecular flexibility index (Phi) is 5.87. The minimum absolute atomic E-state index is 0.896. The van der Waals surface area contributed by atoms with E-state index in [1.807, 2.05) is 0 Å². The standard InChI is InChI=1S/C45H29N3/c1-2-14-32-28-34(25-24-30(32)12-1)33-15-11-16-35(29-33)47-40-21-8-4-17-36(40)44-37-18-5-9-22-41(37)48(42-23-10-6-19-38(42)45(44)47)43-27-26-31-13-3-7-20-39(31)46-43/h1-29H. The maximum Gasteiger partial charge on any atom is 0.138 e. The number of rotatable bonds is 3. The van der Waals surface area contributed by atoms with Gasteiger partial charge in [-0.1, -0.05) is 121 Å². The summed E-state index contributed by atoms with van der Waals surface area (Å²) >= 11 is 0. The van der Waals surface area contributed by atoms with E-state index < -0.39 is 0 Å². The molecule has 48 heavy (non-hydrogen) atoms. The Hall–Kier alpha value is -6.45. The molecule has 0 amide bonds. The van der Waals surface area contributed by atoms with Crippen LogP contribution < -0.4 is 4.90 Å². The average molecular weight is 612 g/mol. The van der Waals surface area contributed by atoms with E-state index in [9.17, 15) is 0 Å². The van der Waals surface area contributed by atoms with E-state index in [2.05, 4.69) is 185 Å². The topological polar surface area (TPSA) is 21.1 Å². The van der Waals surface area contributed by atoms with Gasteiger partial charge in [0.25, 0.3) is 0 Å². The normalized spacial score (nSPS) is 12.1. The molecule has 0 saturated carbocycles. The minimum Gasteiger partial charge on any atom is -0.309 e. The van der Waals surface area contributed by atoms with Gasteiger partial charge in [0.1, 0.15) is 5.82 Å². The first kappa shape index (κ1) is 26.7. The Labute approximate surface area is 278 Å². The third kappa shape index (κ3) is 4.04. The van der Waals surface area contributed by atoms with Gasteiger partial charge in [-0.3, -0.25) is 4.90 Å². The maximum atomic E-state index is 5.21. The maximum absolute atomic E-state index is 5.21. The van der Waals surface area contributed by atoms with Crippen molar-refractivity contribution in [3.05, 3.63) is 176 Å². The van der Waals surface area contributed by atoms with Crippen molar-refractivity contribution in [3.63, 3.8) is 0 Å². The van der Waals surface area contributed by atoms with Crippen molar-refractivity contribution < 1.29 is 0 Å². The van der Waals surface area contributed by atoms with Gasteiger partial charge in [-0.2, -0.15) is 0 Å². The summed E-state index contributed by atoms with van der Waals surface area (Å²) in [5, 5.41) is 4.84. The molecule has 224 valence electrons. The number of para-hydroxylation sites is 4. The summed E-state index contributed by atoms with van der Waals surface area (Å²) < 4.78 is 2.46. The summed E-state index contributed by atoms with van der Waals surface area (Å²) in [6.07, 6.45) is 0. The molecule has 3 heteroatoms. The molecular weight excluding hydrogens is 583 g/mol. The van der Waals surface area contributed by atoms with Gasteiger partial charge < -0.3 is 4.57 Å². The van der Waals surface area contributed by atoms with E-state index in [0.29, 0.717) is 0 Å². The third-order valence-electron chi connectivity index (χ3n) is 9.69. The Morgan fingerprint density at radius 3 is 2.00 bits per heavy atom. The number of fused-ring (bicyclic) bond motifs is 9. The molecule has 0 saturated heterocycles. The average Bonchev–Trinajstić information content (AvgIpc) is 3.44. The second-order valence-electron chi connectivity index (χ2n) is 12.4. The van der Waals surface area contributed by atoms with E-state index >= 15 is 0 Å². The molecule has 7 aromatic carbocycles. The number of pyridine rings is 1. The van der Waals surface area contributed by atoms with Crippen molar-refractivity contribution in [1.29, 1.82) is 0 Å². The molecular formula is C45H29N3. The second-order valence-corrected chi connectivity index (χ2v) is 12.4. The van der Waals surface area contributed by atoms with Gasteiger partial charge in [-0.05, 0) is 76.5 Å². The lowest BCUT2D eigenvalue weighted by Gasteiger charge is -2.26. The fourth-order valence-corrected chi connectivity index (χ4v) is 7.53. The molecule has 0 aliphatic carbocycles. The van der Waals surface area contributed by atoms with Crippen LogP contribution in [0, 0.1) is 0 Å². The lowest BCUT2D eigenvalue weighted by atomic mass is 9.98. The molecule has 2 aromatic heterocycles. The molecule has 0 radical (unpaired) electrons. The van der Waals surface area contributed by atoms with E-state index in [4.69, 9.17) is 4.98 Å². The third-order valence-corrected chi connectivity index (χ3v) is 9.69. The molecule has 0 unspecified atom stereocenters. The van der Waals surface area contributed by atoms with Crippen LogP contribution in [0.15, 0.2) is 176 Å². The fraction of sp³-hybridized carbons (Fsp3) is 0. The van der Waals surface area contributed by atoms with Crippen LogP contribution in [0.2, 0.25) is 0 Å². The smallest absolute Gasteiger partial charge is 0.138 e. The van der Waals surface area contributed by atoms with Crippen molar-refractivity contribution in [3.8, 4) is 39.2 Å². The molecule has 0 N–H and O–H groups in total. The first-order chi connectivity index (χ1) is 23.8. The van der Waals surface area contributed by atoms with Crippen LogP contribution in [-0.2, 0) is 0 Å². The van der Waals surface area contributed by atoms with Crippen molar-refractivity contribution in [2.24, 2.45) is 0 Å². The van der Waals surface area contributed by atoms with E-state index in [-0.39, 0.29) is 0 Å². The van der Waals surface area contributed by atoms with Crippen molar-refractivity contribution in [2.75, 3.05) is 4.90 Å². The van der Waals surface area contributed by atoms with Crippen LogP contribution in [0.1, 0.15) is 0 Å². The zero-order chi connectivity index (χ0) is 31.6. The quantitative estimate of drug-likeness (QED) is 0.198. The summed E-state index contributed by atoms with van der Waals surface area (Å²) in [6, 6.07) is 63.3. The van der Waals surface area contributed by atoms with Crippen LogP contribution in [0.5, 0.6) is 0 Å². The summed E-state index contributed by atoms with van der Waals surface area (Å²) in [4.78, 5) is 7.55. The lowest BCUT2D eigenvalue weighted by molar-refractivity contribution is 1.13. The van der Waals surface area contributed by atoms with Gasteiger partial charge >= 0.3 is 0 Å². The minimum atomic E-state index is 0.896. The van der Waals surface area contributed by atoms with Crippen LogP contribution in [0.4, 0.5) is 17.2 Å². The Bertz CT molecular complexity index is 2700. The van der Waals surface area contributed by atoms with Gasteiger partial charge in [-0.25, -0.2) is 4.98 Å². The highest BCUT2D eigenvalue weighted by molar-refractivity contribution is 6.13. The first-order valence-electron chi connectivity index (χ1n) is 16.4. The molecule has 0 spiro atoms. The largest absolute Gasteiger partial charge is 0.309 e. The molecule has 3 nitrogen and oxygen atoms in total. The number of aromatic nitrogens is 2. The van der Waals surface area contributed by atoms with Crippen LogP contribution in [0.25, 0.3) is 71.8 Å². The fourth-order valence-electron chi connectivity index (χ4n) is 7.53. The molecule has 9 aromatic rings. The monoisotopic (exact) mass is 611 g/mol. The SMILES string of the molecule is c1cc(-c2ccc3ccccc3c2)cc(-n2c3c(c4ccccc42)-c2ccccc2N(c2ccc4ccccc4n2)c2ccccc2-3)c1. The molecule has 1 aliphatic rings. The highest BCUT2D eigenvalue weighted by Crippen LogP contribution is 2.54. The van der Waals surface area contributed by atoms with Crippen molar-refractivity contribution in [2.45, 2.75) is 0 Å². The zero-order valence-electron chi connectivity index (χ0n) is 26.1. The molecule has 1 aliphatic heterocycles. The van der Waals surface area contributed by atoms with Crippen LogP contribution in [-0.4, -0.2) is 9.55 Å². The molecule has 0 fully saturated rings. The van der Waals surface area contributed by atoms with Gasteiger partial charge in [0, 0.05) is 33.2 Å². The predicted octanol–water partition coefficient (Wildman–Crippen LogP) is 12.1. The highest BCUT2D eigenvalue weighted by atomic mass is 15.2. The summed E-state index contributed by atoms with van der Waals surface area (Å²) in [5.41, 5.74) is 12.6. The van der Waals surface area contributed by atoms with Gasteiger partial charge in [0.05, 0.1) is 28.1 Å². The number of anilines is 3. The number of hydrogen-bond donors (Lipinski definition) is 0. The zero-order valence-corrected chi connectivity index (χ0v) is 26.1. The second kappa shape index (κ2) is 10.5. The molecule has 0 bridgehead atoms. The summed E-state index contributed by atoms with van der Waals surface area (Å²) in [6.45, 7) is 0. The summed E-state index contributed by atoms with van der Waals surface area (Å²) in [7, 11) is 0. The predicted molar refractivity (Wildman–Crippen MR) is 201 cm³/mol. The van der Waals surface area contributed by atoms with Gasteiger partial charge in [-0.15, -0.1) is 0 Å². The molecule has 3 heterocycles. The van der Waals surface area contributed by atoms with Crippen LogP contribution in [0.3, 0.4) is 0 Å². The number of benzene rings is 7. The van der Waals surface area contributed by atoms with Gasteiger partial charge in [0.15, 0.2) is 0 Å². The van der Waals surface area contributed by atoms with E-state index in [1.165, 1.54) is 49.6 Å². The summed E-state index contributed by atoms with van der Waals surface area (Å²) in [5.74, 6) is 0.896. The van der Waals surface area contributed by atoms with E-state index in [0.717, 1.165) is 39.3 Å². The highest BCUT2D eigenvalue weighted by Gasteiger charge is 2.31. The lowest BCUT2D eigenvalue weighted by Crippen LogP contribution is -2.12. The Morgan fingerprint density at radius 1 is 0.438 bits per heavy atom. The van der Waals surface area contributed by atoms with Crippen molar-refractivity contribution in [1.82, 2.24) is 9.55 Å². The van der Waals surface area contributed by atoms with Crippen molar-refractivity contribution >= 4 is 49.8 Å². The van der Waals surface area contributed by atoms with Crippen LogP contribution >= 0.6 is 0 Å². The number of hydrogen-bond acceptors (Lipinski definition) is 2. The first-order valence-corrected chi connectivity index (χ1v) is 16.4. The Morgan fingerprint density at radius 2 is 1.10 bits per heavy atom. The van der Waals surface area contributed by atoms with Gasteiger partial charge in [0.2, 0.25) is 0 Å². The Balaban J connectivity index is 1.26. The van der Waals surface area contributed by atoms with E-state index in [1.54, 1.807) is 0 Å². The molecule has 10 rings (SSSR count).